The van der Waals surface area contributed by atoms with Crippen molar-refractivity contribution >= 4 is 17.3 Å². The Balaban J connectivity index is 2.43. The molecule has 0 aliphatic heterocycles. The van der Waals surface area contributed by atoms with Gasteiger partial charge in [0.05, 0.1) is 6.04 Å². The molecule has 5 heteroatoms. The minimum atomic E-state index is -0.483. The van der Waals surface area contributed by atoms with Gasteiger partial charge in [-0.05, 0) is 38.9 Å². The van der Waals surface area contributed by atoms with Gasteiger partial charge in [-0.3, -0.25) is 0 Å². The molecule has 3 N–H and O–H groups in total. The van der Waals surface area contributed by atoms with Crippen LogP contribution in [0.25, 0.3) is 0 Å². The Morgan fingerprint density at radius 3 is 2.47 bits per heavy atom. The number of hydrogen-bond acceptors (Lipinski definition) is 3. The van der Waals surface area contributed by atoms with Crippen molar-refractivity contribution in [3.8, 4) is 0 Å². The first-order valence-electron chi connectivity index (χ1n) is 5.49. The van der Waals surface area contributed by atoms with Gasteiger partial charge in [-0.15, -0.1) is 0 Å². The van der Waals surface area contributed by atoms with Gasteiger partial charge in [-0.1, -0.05) is 19.3 Å². The van der Waals surface area contributed by atoms with Gasteiger partial charge in [-0.25, -0.2) is 0 Å². The fourth-order valence-corrected chi connectivity index (χ4v) is 2.00. The van der Waals surface area contributed by atoms with Crippen LogP contribution in [0.3, 0.4) is 0 Å². The Kier molecular flexibility index (Phi) is 4.45. The molecular weight excluding hydrogens is 208 g/mol. The van der Waals surface area contributed by atoms with E-state index in [4.69, 9.17) is 18.0 Å². The highest BCUT2D eigenvalue weighted by Gasteiger charge is 2.18. The lowest BCUT2D eigenvalue weighted by Gasteiger charge is -2.22. The maximum absolute atomic E-state index is 5.41. The van der Waals surface area contributed by atoms with Crippen LogP contribution in [-0.2, 0) is 0 Å². The number of nitrogens with zero attached hydrogens (tertiary/aromatic N) is 2. The summed E-state index contributed by atoms with van der Waals surface area (Å²) in [6.45, 7) is 3.83. The van der Waals surface area contributed by atoms with Crippen molar-refractivity contribution < 1.29 is 0 Å². The van der Waals surface area contributed by atoms with E-state index >= 15 is 0 Å². The van der Waals surface area contributed by atoms with Gasteiger partial charge in [0.15, 0.2) is 5.11 Å². The van der Waals surface area contributed by atoms with Crippen LogP contribution in [0.4, 0.5) is 0 Å². The lowest BCUT2D eigenvalue weighted by Crippen LogP contribution is -2.44. The Labute approximate surface area is 96.7 Å². The predicted octanol–water partition coefficient (Wildman–Crippen LogP) is 2.34. The van der Waals surface area contributed by atoms with Crippen molar-refractivity contribution in [3.63, 3.8) is 0 Å². The number of rotatable bonds is 3. The Morgan fingerprint density at radius 1 is 1.33 bits per heavy atom. The highest BCUT2D eigenvalue weighted by molar-refractivity contribution is 7.80. The molecular formula is C10H20N4S. The van der Waals surface area contributed by atoms with Crippen molar-refractivity contribution in [2.24, 2.45) is 16.0 Å². The average molecular weight is 228 g/mol. The molecule has 1 rings (SSSR count). The predicted molar refractivity (Wildman–Crippen MR) is 65.7 cm³/mol. The van der Waals surface area contributed by atoms with Crippen LogP contribution in [0.15, 0.2) is 10.2 Å². The van der Waals surface area contributed by atoms with E-state index < -0.39 is 5.66 Å². The first-order chi connectivity index (χ1) is 6.99. The smallest absolute Gasteiger partial charge is 0.165 e. The second-order valence-electron chi connectivity index (χ2n) is 4.56. The first kappa shape index (κ1) is 12.4. The molecule has 0 radical (unpaired) electrons. The topological polar surface area (TPSA) is 62.8 Å². The average Bonchev–Trinajstić information content (AvgIpc) is 2.15. The molecule has 0 aromatic rings. The van der Waals surface area contributed by atoms with E-state index in [1.54, 1.807) is 0 Å². The van der Waals surface area contributed by atoms with Crippen molar-refractivity contribution in [2.45, 2.75) is 57.7 Å². The molecule has 0 unspecified atom stereocenters. The summed E-state index contributed by atoms with van der Waals surface area (Å²) in [5.41, 5.74) is 4.92. The zero-order chi connectivity index (χ0) is 11.3. The fraction of sp³-hybridized carbons (Fsp3) is 0.900. The van der Waals surface area contributed by atoms with Gasteiger partial charge in [0.25, 0.3) is 0 Å². The minimum Gasteiger partial charge on any atom is -0.376 e. The van der Waals surface area contributed by atoms with E-state index in [0.717, 1.165) is 12.8 Å². The Morgan fingerprint density at radius 2 is 1.93 bits per heavy atom. The summed E-state index contributed by atoms with van der Waals surface area (Å²) in [6.07, 6.45) is 6.19. The summed E-state index contributed by atoms with van der Waals surface area (Å²) < 4.78 is 0. The highest BCUT2D eigenvalue weighted by Crippen LogP contribution is 2.21. The summed E-state index contributed by atoms with van der Waals surface area (Å²) in [5.74, 6) is 0. The number of hydrogen-bond donors (Lipinski definition) is 2. The zero-order valence-electron chi connectivity index (χ0n) is 9.49. The summed E-state index contributed by atoms with van der Waals surface area (Å²) in [5, 5.41) is 11.8. The van der Waals surface area contributed by atoms with Gasteiger partial charge in [0.1, 0.15) is 5.66 Å². The monoisotopic (exact) mass is 228 g/mol. The van der Waals surface area contributed by atoms with E-state index in [9.17, 15) is 0 Å². The van der Waals surface area contributed by atoms with E-state index in [-0.39, 0.29) is 5.11 Å². The van der Waals surface area contributed by atoms with Crippen molar-refractivity contribution in [1.29, 1.82) is 0 Å². The fourth-order valence-electron chi connectivity index (χ4n) is 1.75. The molecule has 0 atom stereocenters. The van der Waals surface area contributed by atoms with E-state index in [1.807, 2.05) is 13.8 Å². The zero-order valence-corrected chi connectivity index (χ0v) is 10.3. The van der Waals surface area contributed by atoms with E-state index in [2.05, 4.69) is 15.5 Å². The number of nitrogens with one attached hydrogen (secondary N) is 1. The SMILES string of the molecule is CC(C)(N=NC1CCCCC1)NC(N)=S. The number of thiocarbonyl (C=S) groups is 1. The summed E-state index contributed by atoms with van der Waals surface area (Å²) in [4.78, 5) is 0. The maximum Gasteiger partial charge on any atom is 0.165 e. The molecule has 0 heterocycles. The molecule has 1 fully saturated rings. The highest BCUT2D eigenvalue weighted by atomic mass is 32.1. The molecule has 0 aromatic carbocycles. The van der Waals surface area contributed by atoms with Crippen molar-refractivity contribution in [2.75, 3.05) is 0 Å². The molecule has 86 valence electrons. The van der Waals surface area contributed by atoms with Crippen LogP contribution in [-0.4, -0.2) is 16.8 Å². The molecule has 0 spiro atoms. The summed E-state index contributed by atoms with van der Waals surface area (Å²) in [6, 6.07) is 0.395. The standard InChI is InChI=1S/C10H20N4S/c1-10(2,12-9(11)15)14-13-8-6-4-3-5-7-8/h8H,3-7H2,1-2H3,(H3,11,12,15). The van der Waals surface area contributed by atoms with Crippen molar-refractivity contribution in [1.82, 2.24) is 5.32 Å². The van der Waals surface area contributed by atoms with Gasteiger partial charge in [0.2, 0.25) is 0 Å². The van der Waals surface area contributed by atoms with Gasteiger partial charge < -0.3 is 11.1 Å². The minimum absolute atomic E-state index is 0.266. The van der Waals surface area contributed by atoms with E-state index in [0.29, 0.717) is 6.04 Å². The molecule has 1 saturated carbocycles. The maximum atomic E-state index is 5.41. The van der Waals surface area contributed by atoms with Crippen molar-refractivity contribution in [3.05, 3.63) is 0 Å². The summed E-state index contributed by atoms with van der Waals surface area (Å²) >= 11 is 4.78. The number of azo groups is 1. The van der Waals surface area contributed by atoms with Crippen LogP contribution < -0.4 is 11.1 Å². The van der Waals surface area contributed by atoms with Crippen LogP contribution in [0, 0.1) is 0 Å². The third-order valence-electron chi connectivity index (χ3n) is 2.47. The Bertz CT molecular complexity index is 244. The lowest BCUT2D eigenvalue weighted by atomic mass is 9.96. The van der Waals surface area contributed by atoms with Crippen LogP contribution >= 0.6 is 12.2 Å². The van der Waals surface area contributed by atoms with Crippen LogP contribution in [0.1, 0.15) is 46.0 Å². The van der Waals surface area contributed by atoms with Crippen LogP contribution in [0.2, 0.25) is 0 Å². The van der Waals surface area contributed by atoms with Gasteiger partial charge in [0, 0.05) is 0 Å². The normalized spacial score (nSPS) is 19.3. The third-order valence-corrected chi connectivity index (χ3v) is 2.58. The second kappa shape index (κ2) is 5.39. The summed E-state index contributed by atoms with van der Waals surface area (Å²) in [7, 11) is 0. The molecule has 15 heavy (non-hydrogen) atoms. The first-order valence-corrected chi connectivity index (χ1v) is 5.90. The largest absolute Gasteiger partial charge is 0.376 e. The molecule has 0 aromatic heterocycles. The molecule has 0 bridgehead atoms. The second-order valence-corrected chi connectivity index (χ2v) is 5.00. The van der Waals surface area contributed by atoms with Gasteiger partial charge >= 0.3 is 0 Å². The van der Waals surface area contributed by atoms with E-state index in [1.165, 1.54) is 19.3 Å². The quantitative estimate of drug-likeness (QED) is 0.575. The molecule has 1 aliphatic rings. The molecule has 0 amide bonds. The number of nitrogens with two attached hydrogens (primary N) is 1. The Hall–Kier alpha value is -0.710. The van der Waals surface area contributed by atoms with Gasteiger partial charge in [-0.2, -0.15) is 10.2 Å². The van der Waals surface area contributed by atoms with Crippen LogP contribution in [0.5, 0.6) is 0 Å². The molecule has 0 saturated heterocycles. The molecule has 4 nitrogen and oxygen atoms in total. The molecule has 1 aliphatic carbocycles. The lowest BCUT2D eigenvalue weighted by molar-refractivity contribution is 0.389. The third kappa shape index (κ3) is 5.06.